The Morgan fingerprint density at radius 3 is 2.75 bits per heavy atom. The van der Waals surface area contributed by atoms with Crippen LogP contribution in [0.2, 0.25) is 0 Å². The van der Waals surface area contributed by atoms with Gasteiger partial charge in [-0.15, -0.1) is 0 Å². The molecule has 0 atom stereocenters. The number of rotatable bonds is 2. The van der Waals surface area contributed by atoms with Gasteiger partial charge in [0, 0.05) is 5.56 Å². The average Bonchev–Trinajstić information content (AvgIpc) is 2.09. The molecule has 0 aromatic heterocycles. The lowest BCUT2D eigenvalue weighted by Crippen LogP contribution is -1.93. The Morgan fingerprint density at radius 1 is 1.58 bits per heavy atom. The molecule has 0 aliphatic rings. The van der Waals surface area contributed by atoms with E-state index in [0.717, 1.165) is 0 Å². The van der Waals surface area contributed by atoms with E-state index >= 15 is 0 Å². The molecule has 0 unspecified atom stereocenters. The summed E-state index contributed by atoms with van der Waals surface area (Å²) in [6.45, 7) is -0.229. The Hall–Kier alpha value is -0.610. The molecule has 0 saturated heterocycles. The SMILES string of the molecule is COc1cc(Br)c(F)cc1CO. The fourth-order valence-corrected chi connectivity index (χ4v) is 1.21. The molecule has 1 aromatic rings. The van der Waals surface area contributed by atoms with Crippen molar-refractivity contribution in [3.05, 3.63) is 28.0 Å². The summed E-state index contributed by atoms with van der Waals surface area (Å²) in [4.78, 5) is 0. The van der Waals surface area contributed by atoms with Crippen molar-refractivity contribution in [2.75, 3.05) is 7.11 Å². The third-order valence-electron chi connectivity index (χ3n) is 1.49. The van der Waals surface area contributed by atoms with Crippen LogP contribution < -0.4 is 4.74 Å². The average molecular weight is 235 g/mol. The van der Waals surface area contributed by atoms with Crippen LogP contribution >= 0.6 is 15.9 Å². The van der Waals surface area contributed by atoms with Crippen LogP contribution in [0, 0.1) is 5.82 Å². The van der Waals surface area contributed by atoms with Crippen molar-refractivity contribution in [2.45, 2.75) is 6.61 Å². The van der Waals surface area contributed by atoms with Gasteiger partial charge in [0.15, 0.2) is 0 Å². The molecule has 0 saturated carbocycles. The van der Waals surface area contributed by atoms with Crippen LogP contribution in [0.25, 0.3) is 0 Å². The van der Waals surface area contributed by atoms with E-state index in [2.05, 4.69) is 15.9 Å². The summed E-state index contributed by atoms with van der Waals surface area (Å²) in [7, 11) is 1.47. The fourth-order valence-electron chi connectivity index (χ4n) is 0.883. The predicted molar refractivity (Wildman–Crippen MR) is 46.6 cm³/mol. The van der Waals surface area contributed by atoms with Gasteiger partial charge < -0.3 is 9.84 Å². The first-order valence-corrected chi connectivity index (χ1v) is 4.11. The van der Waals surface area contributed by atoms with Crippen LogP contribution in [0.5, 0.6) is 5.75 Å². The molecule has 1 rings (SSSR count). The van der Waals surface area contributed by atoms with Crippen LogP contribution in [0.4, 0.5) is 4.39 Å². The lowest BCUT2D eigenvalue weighted by atomic mass is 10.2. The minimum absolute atomic E-state index is 0.229. The zero-order valence-electron chi connectivity index (χ0n) is 6.47. The first kappa shape index (κ1) is 9.48. The second-order valence-corrected chi connectivity index (χ2v) is 3.09. The molecule has 66 valence electrons. The minimum atomic E-state index is -0.403. The van der Waals surface area contributed by atoms with E-state index in [1.165, 1.54) is 19.2 Å². The molecule has 4 heteroatoms. The molecule has 0 heterocycles. The largest absolute Gasteiger partial charge is 0.496 e. The smallest absolute Gasteiger partial charge is 0.138 e. The number of aliphatic hydroxyl groups excluding tert-OH is 1. The van der Waals surface area contributed by atoms with E-state index in [1.54, 1.807) is 0 Å². The standard InChI is InChI=1S/C8H8BrFO2/c1-12-8-3-6(9)7(10)2-5(8)4-11/h2-3,11H,4H2,1H3. The van der Waals surface area contributed by atoms with Crippen molar-refractivity contribution >= 4 is 15.9 Å². The summed E-state index contributed by atoms with van der Waals surface area (Å²) in [6.07, 6.45) is 0. The zero-order chi connectivity index (χ0) is 9.14. The van der Waals surface area contributed by atoms with E-state index in [9.17, 15) is 4.39 Å². The topological polar surface area (TPSA) is 29.5 Å². The lowest BCUT2D eigenvalue weighted by Gasteiger charge is -2.06. The van der Waals surface area contributed by atoms with Gasteiger partial charge in [-0.3, -0.25) is 0 Å². The first-order valence-electron chi connectivity index (χ1n) is 3.31. The molecular formula is C8H8BrFO2. The number of ether oxygens (including phenoxy) is 1. The van der Waals surface area contributed by atoms with Gasteiger partial charge in [-0.25, -0.2) is 4.39 Å². The van der Waals surface area contributed by atoms with Crippen LogP contribution in [-0.2, 0) is 6.61 Å². The zero-order valence-corrected chi connectivity index (χ0v) is 8.06. The molecule has 0 spiro atoms. The van der Waals surface area contributed by atoms with Crippen molar-refractivity contribution in [1.82, 2.24) is 0 Å². The van der Waals surface area contributed by atoms with Crippen molar-refractivity contribution in [2.24, 2.45) is 0 Å². The normalized spacial score (nSPS) is 10.0. The van der Waals surface area contributed by atoms with Crippen LogP contribution in [0.3, 0.4) is 0 Å². The van der Waals surface area contributed by atoms with Gasteiger partial charge in [0.2, 0.25) is 0 Å². The van der Waals surface area contributed by atoms with Gasteiger partial charge in [-0.1, -0.05) is 0 Å². The lowest BCUT2D eigenvalue weighted by molar-refractivity contribution is 0.273. The molecular weight excluding hydrogens is 227 g/mol. The molecule has 0 bridgehead atoms. The molecule has 0 fully saturated rings. The van der Waals surface area contributed by atoms with Crippen molar-refractivity contribution in [3.8, 4) is 5.75 Å². The van der Waals surface area contributed by atoms with E-state index in [0.29, 0.717) is 15.8 Å². The molecule has 2 nitrogen and oxygen atoms in total. The first-order chi connectivity index (χ1) is 5.69. The summed E-state index contributed by atoms with van der Waals surface area (Å²) in [5.41, 5.74) is 0.443. The molecule has 1 aromatic carbocycles. The molecule has 0 radical (unpaired) electrons. The van der Waals surface area contributed by atoms with Crippen LogP contribution in [0.15, 0.2) is 16.6 Å². The number of methoxy groups -OCH3 is 1. The predicted octanol–water partition coefficient (Wildman–Crippen LogP) is 2.09. The maximum Gasteiger partial charge on any atom is 0.138 e. The summed E-state index contributed by atoms with van der Waals surface area (Å²) in [5.74, 6) is 0.0747. The molecule has 0 aliphatic heterocycles. The van der Waals surface area contributed by atoms with Crippen molar-refractivity contribution in [1.29, 1.82) is 0 Å². The number of hydrogen-bond donors (Lipinski definition) is 1. The summed E-state index contributed by atoms with van der Waals surface area (Å²) < 4.78 is 18.1. The van der Waals surface area contributed by atoms with E-state index in [-0.39, 0.29) is 6.61 Å². The highest BCUT2D eigenvalue weighted by Crippen LogP contribution is 2.26. The number of hydrogen-bond acceptors (Lipinski definition) is 2. The fraction of sp³-hybridized carbons (Fsp3) is 0.250. The minimum Gasteiger partial charge on any atom is -0.496 e. The Bertz CT molecular complexity index is 260. The van der Waals surface area contributed by atoms with Crippen molar-refractivity contribution in [3.63, 3.8) is 0 Å². The Labute approximate surface area is 78.1 Å². The van der Waals surface area contributed by atoms with Crippen molar-refractivity contribution < 1.29 is 14.2 Å². The maximum atomic E-state index is 12.9. The molecule has 1 N–H and O–H groups in total. The number of aliphatic hydroxyl groups is 1. The third kappa shape index (κ3) is 1.76. The third-order valence-corrected chi connectivity index (χ3v) is 2.10. The van der Waals surface area contributed by atoms with E-state index < -0.39 is 5.82 Å². The van der Waals surface area contributed by atoms with Gasteiger partial charge >= 0.3 is 0 Å². The summed E-state index contributed by atoms with van der Waals surface area (Å²) >= 11 is 3.01. The number of benzene rings is 1. The van der Waals surface area contributed by atoms with Gasteiger partial charge in [-0.2, -0.15) is 0 Å². The highest BCUT2D eigenvalue weighted by atomic mass is 79.9. The Kier molecular flexibility index (Phi) is 3.05. The van der Waals surface area contributed by atoms with Gasteiger partial charge in [0.05, 0.1) is 18.2 Å². The van der Waals surface area contributed by atoms with E-state index in [1.807, 2.05) is 0 Å². The highest BCUT2D eigenvalue weighted by Gasteiger charge is 2.07. The highest BCUT2D eigenvalue weighted by molar-refractivity contribution is 9.10. The summed E-state index contributed by atoms with van der Waals surface area (Å²) in [5, 5.41) is 8.80. The van der Waals surface area contributed by atoms with Gasteiger partial charge in [0.1, 0.15) is 11.6 Å². The second kappa shape index (κ2) is 3.87. The maximum absolute atomic E-state index is 12.9. The Morgan fingerprint density at radius 2 is 2.25 bits per heavy atom. The van der Waals surface area contributed by atoms with Gasteiger partial charge in [-0.05, 0) is 28.1 Å². The monoisotopic (exact) mass is 234 g/mol. The quantitative estimate of drug-likeness (QED) is 0.850. The molecule has 12 heavy (non-hydrogen) atoms. The second-order valence-electron chi connectivity index (χ2n) is 2.24. The van der Waals surface area contributed by atoms with E-state index in [4.69, 9.17) is 9.84 Å². The number of halogens is 2. The Balaban J connectivity index is 3.19. The summed E-state index contributed by atoms with van der Waals surface area (Å²) in [6, 6.07) is 2.73. The van der Waals surface area contributed by atoms with Crippen LogP contribution in [0.1, 0.15) is 5.56 Å². The van der Waals surface area contributed by atoms with Gasteiger partial charge in [0.25, 0.3) is 0 Å². The van der Waals surface area contributed by atoms with Crippen LogP contribution in [-0.4, -0.2) is 12.2 Å². The molecule has 0 amide bonds. The molecule has 0 aliphatic carbocycles.